The Hall–Kier alpha value is -4.63. The number of carbonyl (C=O) groups is 2. The molecule has 1 atom stereocenters. The van der Waals surface area contributed by atoms with Crippen LogP contribution in [0.3, 0.4) is 0 Å². The summed E-state index contributed by atoms with van der Waals surface area (Å²) in [6, 6.07) is 31.0. The van der Waals surface area contributed by atoms with Crippen molar-refractivity contribution in [2.24, 2.45) is 0 Å². The zero-order valence-electron chi connectivity index (χ0n) is 26.1. The van der Waals surface area contributed by atoms with Gasteiger partial charge < -0.3 is 15.0 Å². The standard InChI is InChI=1S/C36H41N3O5S/c1-4-5-24-37-36(41)33(25-29-14-8-6-9-15-29)38(26-30-22-20-28(2)21-23-30)35(40)27-39(32-18-12-13-19-34(32)44-3)45(42,43)31-16-10-7-11-17-31/h6-23,33H,4-5,24-27H2,1-3H3,(H,37,41)/t33-/m0/s1. The van der Waals surface area contributed by atoms with E-state index >= 15 is 0 Å². The van der Waals surface area contributed by atoms with Crippen molar-refractivity contribution in [2.45, 2.75) is 50.6 Å². The van der Waals surface area contributed by atoms with Crippen molar-refractivity contribution in [3.8, 4) is 5.75 Å². The van der Waals surface area contributed by atoms with E-state index in [0.717, 1.165) is 33.8 Å². The second kappa shape index (κ2) is 15.9. The minimum Gasteiger partial charge on any atom is -0.495 e. The Morgan fingerprint density at radius 1 is 0.822 bits per heavy atom. The molecule has 0 saturated heterocycles. The summed E-state index contributed by atoms with van der Waals surface area (Å²) in [4.78, 5) is 29.9. The van der Waals surface area contributed by atoms with Gasteiger partial charge >= 0.3 is 0 Å². The highest BCUT2D eigenvalue weighted by atomic mass is 32.2. The highest BCUT2D eigenvalue weighted by Crippen LogP contribution is 2.32. The Kier molecular flexibility index (Phi) is 11.8. The third-order valence-corrected chi connectivity index (χ3v) is 9.31. The van der Waals surface area contributed by atoms with Crippen molar-refractivity contribution in [2.75, 3.05) is 24.5 Å². The number of nitrogens with zero attached hydrogens (tertiary/aromatic N) is 2. The highest BCUT2D eigenvalue weighted by molar-refractivity contribution is 7.92. The van der Waals surface area contributed by atoms with E-state index in [2.05, 4.69) is 5.32 Å². The van der Waals surface area contributed by atoms with E-state index in [4.69, 9.17) is 4.74 Å². The molecule has 0 radical (unpaired) electrons. The topological polar surface area (TPSA) is 96.0 Å². The first-order chi connectivity index (χ1) is 21.7. The van der Waals surface area contributed by atoms with E-state index in [1.54, 1.807) is 42.5 Å². The van der Waals surface area contributed by atoms with Crippen LogP contribution in [-0.2, 0) is 32.6 Å². The van der Waals surface area contributed by atoms with Gasteiger partial charge in [-0.05, 0) is 48.7 Å². The Balaban J connectivity index is 1.80. The summed E-state index contributed by atoms with van der Waals surface area (Å²) in [5.41, 5.74) is 2.99. The first-order valence-corrected chi connectivity index (χ1v) is 16.6. The molecule has 0 aromatic heterocycles. The predicted molar refractivity (Wildman–Crippen MR) is 178 cm³/mol. The van der Waals surface area contributed by atoms with Crippen molar-refractivity contribution in [3.05, 3.63) is 126 Å². The molecule has 4 aromatic rings. The number of hydrogen-bond acceptors (Lipinski definition) is 5. The monoisotopic (exact) mass is 627 g/mol. The lowest BCUT2D eigenvalue weighted by Crippen LogP contribution is -2.53. The summed E-state index contributed by atoms with van der Waals surface area (Å²) in [6.07, 6.45) is 1.96. The zero-order valence-corrected chi connectivity index (χ0v) is 26.9. The molecule has 0 heterocycles. The quantitative estimate of drug-likeness (QED) is 0.169. The number of methoxy groups -OCH3 is 1. The first kappa shape index (κ1) is 33.3. The summed E-state index contributed by atoms with van der Waals surface area (Å²) in [5.74, 6) is -0.511. The fourth-order valence-electron chi connectivity index (χ4n) is 5.02. The number of hydrogen-bond donors (Lipinski definition) is 1. The molecule has 236 valence electrons. The summed E-state index contributed by atoms with van der Waals surface area (Å²) < 4.78 is 34.9. The smallest absolute Gasteiger partial charge is 0.264 e. The second-order valence-corrected chi connectivity index (χ2v) is 12.7. The molecular formula is C36H41N3O5S. The van der Waals surface area contributed by atoms with Gasteiger partial charge in [0.1, 0.15) is 18.3 Å². The average Bonchev–Trinajstić information content (AvgIpc) is 3.06. The Morgan fingerprint density at radius 2 is 1.44 bits per heavy atom. The largest absolute Gasteiger partial charge is 0.495 e. The third kappa shape index (κ3) is 8.73. The van der Waals surface area contributed by atoms with Gasteiger partial charge in [0.2, 0.25) is 11.8 Å². The maximum Gasteiger partial charge on any atom is 0.264 e. The molecule has 45 heavy (non-hydrogen) atoms. The zero-order chi connectivity index (χ0) is 32.2. The number of unbranched alkanes of at least 4 members (excludes halogenated alkanes) is 1. The molecule has 0 aliphatic rings. The Bertz CT molecular complexity index is 1650. The number of carbonyl (C=O) groups excluding carboxylic acids is 2. The van der Waals surface area contributed by atoms with Gasteiger partial charge in [0.05, 0.1) is 17.7 Å². The van der Waals surface area contributed by atoms with Crippen LogP contribution in [0.1, 0.15) is 36.5 Å². The summed E-state index contributed by atoms with van der Waals surface area (Å²) in [6.45, 7) is 4.06. The fourth-order valence-corrected chi connectivity index (χ4v) is 6.46. The Labute approximate surface area is 266 Å². The number of sulfonamides is 1. The number of para-hydroxylation sites is 2. The molecule has 8 nitrogen and oxygen atoms in total. The van der Waals surface area contributed by atoms with Crippen molar-refractivity contribution in [1.29, 1.82) is 0 Å². The molecule has 0 fully saturated rings. The van der Waals surface area contributed by atoms with Gasteiger partial charge in [0.25, 0.3) is 10.0 Å². The van der Waals surface area contributed by atoms with Crippen molar-refractivity contribution < 1.29 is 22.7 Å². The van der Waals surface area contributed by atoms with Crippen LogP contribution in [0.4, 0.5) is 5.69 Å². The van der Waals surface area contributed by atoms with Gasteiger partial charge in [-0.2, -0.15) is 0 Å². The molecule has 0 spiro atoms. The van der Waals surface area contributed by atoms with E-state index in [1.165, 1.54) is 24.1 Å². The Morgan fingerprint density at radius 3 is 2.09 bits per heavy atom. The minimum absolute atomic E-state index is 0.0342. The predicted octanol–water partition coefficient (Wildman–Crippen LogP) is 5.76. The van der Waals surface area contributed by atoms with Gasteiger partial charge in [0.15, 0.2) is 0 Å². The van der Waals surface area contributed by atoms with Crippen molar-refractivity contribution in [1.82, 2.24) is 10.2 Å². The number of amides is 2. The van der Waals surface area contributed by atoms with Crippen LogP contribution < -0.4 is 14.4 Å². The van der Waals surface area contributed by atoms with Crippen LogP contribution in [0, 0.1) is 6.92 Å². The average molecular weight is 628 g/mol. The van der Waals surface area contributed by atoms with Crippen LogP contribution >= 0.6 is 0 Å². The molecule has 0 bridgehead atoms. The van der Waals surface area contributed by atoms with Crippen LogP contribution in [-0.4, -0.2) is 51.4 Å². The lowest BCUT2D eigenvalue weighted by molar-refractivity contribution is -0.140. The van der Waals surface area contributed by atoms with E-state index in [1.807, 2.05) is 68.4 Å². The number of rotatable bonds is 15. The number of benzene rings is 4. The molecule has 4 aromatic carbocycles. The number of aryl methyl sites for hydroxylation is 1. The lowest BCUT2D eigenvalue weighted by Gasteiger charge is -2.34. The minimum atomic E-state index is -4.21. The lowest BCUT2D eigenvalue weighted by atomic mass is 10.0. The van der Waals surface area contributed by atoms with Gasteiger partial charge in [-0.3, -0.25) is 13.9 Å². The summed E-state index contributed by atoms with van der Waals surface area (Å²) >= 11 is 0. The van der Waals surface area contributed by atoms with E-state index < -0.39 is 28.5 Å². The third-order valence-electron chi connectivity index (χ3n) is 7.54. The number of ether oxygens (including phenoxy) is 1. The molecule has 0 unspecified atom stereocenters. The molecule has 9 heteroatoms. The van der Waals surface area contributed by atoms with Crippen molar-refractivity contribution >= 4 is 27.5 Å². The SMILES string of the molecule is CCCCNC(=O)[C@H](Cc1ccccc1)N(Cc1ccc(C)cc1)C(=O)CN(c1ccccc1OC)S(=O)(=O)c1ccccc1. The van der Waals surface area contributed by atoms with Gasteiger partial charge in [-0.1, -0.05) is 104 Å². The molecule has 0 aliphatic carbocycles. The summed E-state index contributed by atoms with van der Waals surface area (Å²) in [7, 11) is -2.76. The van der Waals surface area contributed by atoms with E-state index in [0.29, 0.717) is 12.3 Å². The van der Waals surface area contributed by atoms with Gasteiger partial charge in [-0.25, -0.2) is 8.42 Å². The van der Waals surface area contributed by atoms with Crippen LogP contribution in [0.5, 0.6) is 5.75 Å². The molecule has 0 saturated carbocycles. The summed E-state index contributed by atoms with van der Waals surface area (Å²) in [5, 5.41) is 3.01. The van der Waals surface area contributed by atoms with Crippen LogP contribution in [0.15, 0.2) is 114 Å². The van der Waals surface area contributed by atoms with Crippen molar-refractivity contribution in [3.63, 3.8) is 0 Å². The maximum absolute atomic E-state index is 14.5. The molecule has 0 aliphatic heterocycles. The van der Waals surface area contributed by atoms with E-state index in [-0.39, 0.29) is 29.5 Å². The molecule has 2 amide bonds. The normalized spacial score (nSPS) is 11.8. The molecular weight excluding hydrogens is 586 g/mol. The molecule has 4 rings (SSSR count). The fraction of sp³-hybridized carbons (Fsp3) is 0.278. The molecule has 1 N–H and O–H groups in total. The van der Waals surface area contributed by atoms with Crippen LogP contribution in [0.25, 0.3) is 0 Å². The maximum atomic E-state index is 14.5. The highest BCUT2D eigenvalue weighted by Gasteiger charge is 2.35. The van der Waals surface area contributed by atoms with E-state index in [9.17, 15) is 18.0 Å². The van der Waals surface area contributed by atoms with Gasteiger partial charge in [0, 0.05) is 19.5 Å². The second-order valence-electron chi connectivity index (χ2n) is 10.9. The number of anilines is 1. The number of nitrogens with one attached hydrogen (secondary N) is 1. The first-order valence-electron chi connectivity index (χ1n) is 15.1. The van der Waals surface area contributed by atoms with Crippen LogP contribution in [0.2, 0.25) is 0 Å². The van der Waals surface area contributed by atoms with Gasteiger partial charge in [-0.15, -0.1) is 0 Å².